The standard InChI is InChI=1S/C48H34N4S.C2H6.H2O2/c1-3-15-35(16-4-1)49-41-19-7-11-23-45(41)51(46-24-12-8-20-42(46)49)37-27-31-39(32-28-37)53-40-33-29-38(30-34-40)52-47-25-13-9-21-43(47)50(36-17-5-2-6-18-36)44-22-10-14-26-48(44)52;2*1-2/h1-34H;1-2H3;1-2H. The maximum absolute atomic E-state index is 6.00. The van der Waals surface area contributed by atoms with Crippen LogP contribution in [0.15, 0.2) is 216 Å². The average Bonchev–Trinajstić information content (AvgIpc) is 3.30. The van der Waals surface area contributed by atoms with E-state index in [1.807, 2.05) is 13.8 Å². The van der Waals surface area contributed by atoms with Crippen LogP contribution in [-0.2, 0) is 0 Å². The Bertz CT molecular complexity index is 2290. The lowest BCUT2D eigenvalue weighted by atomic mass is 10.0. The molecule has 7 heteroatoms. The van der Waals surface area contributed by atoms with E-state index in [0.717, 1.165) is 68.2 Å². The van der Waals surface area contributed by atoms with Crippen molar-refractivity contribution >= 4 is 80.0 Å². The summed E-state index contributed by atoms with van der Waals surface area (Å²) < 4.78 is 0. The van der Waals surface area contributed by atoms with Crippen LogP contribution in [0.5, 0.6) is 0 Å². The minimum Gasteiger partial charge on any atom is -0.306 e. The van der Waals surface area contributed by atoms with E-state index in [4.69, 9.17) is 10.5 Å². The molecular weight excluding hydrogens is 721 g/mol. The molecule has 2 N–H and O–H groups in total. The first-order valence-corrected chi connectivity index (χ1v) is 19.9. The molecule has 280 valence electrons. The molecule has 0 saturated carbocycles. The van der Waals surface area contributed by atoms with Crippen molar-refractivity contribution in [1.82, 2.24) is 0 Å². The zero-order valence-corrected chi connectivity index (χ0v) is 32.5. The highest BCUT2D eigenvalue weighted by Crippen LogP contribution is 2.55. The Morgan fingerprint density at radius 1 is 0.263 bits per heavy atom. The molecule has 6 nitrogen and oxygen atoms in total. The number of fused-ring (bicyclic) bond motifs is 4. The van der Waals surface area contributed by atoms with Crippen LogP contribution in [-0.4, -0.2) is 10.5 Å². The molecule has 10 rings (SSSR count). The molecule has 0 aromatic heterocycles. The average molecular weight is 763 g/mol. The Hall–Kier alpha value is -6.77. The van der Waals surface area contributed by atoms with Gasteiger partial charge in [0.2, 0.25) is 0 Å². The van der Waals surface area contributed by atoms with Gasteiger partial charge in [0.05, 0.1) is 45.5 Å². The predicted octanol–water partition coefficient (Wildman–Crippen LogP) is 15.4. The number of anilines is 12. The van der Waals surface area contributed by atoms with E-state index >= 15 is 0 Å². The van der Waals surface area contributed by atoms with Crippen LogP contribution in [0, 0.1) is 0 Å². The third-order valence-corrected chi connectivity index (χ3v) is 10.9. The van der Waals surface area contributed by atoms with Crippen LogP contribution < -0.4 is 19.6 Å². The highest BCUT2D eigenvalue weighted by molar-refractivity contribution is 7.99. The maximum Gasteiger partial charge on any atom is 0.0703 e. The first-order chi connectivity index (χ1) is 28.3. The molecule has 57 heavy (non-hydrogen) atoms. The normalized spacial score (nSPS) is 12.1. The van der Waals surface area contributed by atoms with Crippen LogP contribution in [0.3, 0.4) is 0 Å². The maximum atomic E-state index is 6.00. The molecule has 0 bridgehead atoms. The summed E-state index contributed by atoms with van der Waals surface area (Å²) in [5.74, 6) is 0. The molecule has 8 aromatic carbocycles. The van der Waals surface area contributed by atoms with E-state index < -0.39 is 0 Å². The van der Waals surface area contributed by atoms with E-state index in [1.165, 1.54) is 9.79 Å². The van der Waals surface area contributed by atoms with Gasteiger partial charge in [0.15, 0.2) is 0 Å². The van der Waals surface area contributed by atoms with Gasteiger partial charge in [-0.15, -0.1) is 0 Å². The zero-order chi connectivity index (χ0) is 39.1. The molecule has 0 unspecified atom stereocenters. The molecule has 8 aromatic rings. The molecule has 0 saturated heterocycles. The zero-order valence-electron chi connectivity index (χ0n) is 31.7. The van der Waals surface area contributed by atoms with Gasteiger partial charge in [0.25, 0.3) is 0 Å². The van der Waals surface area contributed by atoms with Gasteiger partial charge in [-0.05, 0) is 121 Å². The predicted molar refractivity (Wildman–Crippen MR) is 239 cm³/mol. The smallest absolute Gasteiger partial charge is 0.0703 e. The summed E-state index contributed by atoms with van der Waals surface area (Å²) in [6, 6.07) is 73.8. The van der Waals surface area contributed by atoms with Gasteiger partial charge in [-0.3, -0.25) is 10.5 Å². The highest BCUT2D eigenvalue weighted by atomic mass is 32.2. The largest absolute Gasteiger partial charge is 0.306 e. The third-order valence-electron chi connectivity index (χ3n) is 9.91. The molecule has 0 aliphatic carbocycles. The summed E-state index contributed by atoms with van der Waals surface area (Å²) >= 11 is 1.78. The summed E-state index contributed by atoms with van der Waals surface area (Å²) in [6.45, 7) is 4.00. The lowest BCUT2D eigenvalue weighted by molar-refractivity contribution is -0.176. The Labute approximate surface area is 338 Å². The van der Waals surface area contributed by atoms with Gasteiger partial charge in [0, 0.05) is 32.5 Å². The number of nitrogens with zero attached hydrogens (tertiary/aromatic N) is 4. The van der Waals surface area contributed by atoms with Crippen molar-refractivity contribution < 1.29 is 10.5 Å². The van der Waals surface area contributed by atoms with Crippen LogP contribution in [0.25, 0.3) is 0 Å². The van der Waals surface area contributed by atoms with Crippen molar-refractivity contribution in [3.8, 4) is 0 Å². The molecule has 0 spiro atoms. The van der Waals surface area contributed by atoms with Gasteiger partial charge in [-0.25, -0.2) is 0 Å². The number of hydrogen-bond acceptors (Lipinski definition) is 7. The van der Waals surface area contributed by atoms with E-state index in [2.05, 4.69) is 226 Å². The van der Waals surface area contributed by atoms with Gasteiger partial charge in [-0.2, -0.15) is 0 Å². The number of benzene rings is 8. The first-order valence-electron chi connectivity index (χ1n) is 19.1. The molecular formula is C50H42N4O2S. The summed E-state index contributed by atoms with van der Waals surface area (Å²) in [4.78, 5) is 11.8. The van der Waals surface area contributed by atoms with Gasteiger partial charge in [-0.1, -0.05) is 111 Å². The Kier molecular flexibility index (Phi) is 11.0. The topological polar surface area (TPSA) is 53.4 Å². The van der Waals surface area contributed by atoms with Crippen molar-refractivity contribution in [2.45, 2.75) is 23.6 Å². The second-order valence-corrected chi connectivity index (χ2v) is 14.2. The van der Waals surface area contributed by atoms with Crippen molar-refractivity contribution in [3.63, 3.8) is 0 Å². The molecule has 0 atom stereocenters. The second-order valence-electron chi connectivity index (χ2n) is 13.1. The van der Waals surface area contributed by atoms with Crippen molar-refractivity contribution in [2.24, 2.45) is 0 Å². The Balaban J connectivity index is 0.00000110. The summed E-state index contributed by atoms with van der Waals surface area (Å²) in [5, 5.41) is 12.0. The molecule has 2 aliphatic rings. The van der Waals surface area contributed by atoms with E-state index in [1.54, 1.807) is 11.8 Å². The first kappa shape index (κ1) is 37.2. The fourth-order valence-electron chi connectivity index (χ4n) is 7.62. The van der Waals surface area contributed by atoms with Crippen molar-refractivity contribution in [1.29, 1.82) is 0 Å². The number of hydrogen-bond donors (Lipinski definition) is 2. The quantitative estimate of drug-likeness (QED) is 0.129. The SMILES string of the molecule is CC.OO.c1ccc(N2c3ccccc3N(c3ccc(Sc4ccc(N5c6ccccc6N(c6ccccc6)c6ccccc65)cc4)cc3)c3ccccc32)cc1. The molecule has 2 heterocycles. The van der Waals surface area contributed by atoms with Gasteiger partial charge in [0.1, 0.15) is 0 Å². The molecule has 0 amide bonds. The highest BCUT2D eigenvalue weighted by Gasteiger charge is 2.31. The molecule has 0 radical (unpaired) electrons. The van der Waals surface area contributed by atoms with Crippen LogP contribution >= 0.6 is 11.8 Å². The lowest BCUT2D eigenvalue weighted by Gasteiger charge is -2.40. The van der Waals surface area contributed by atoms with Crippen LogP contribution in [0.4, 0.5) is 68.2 Å². The summed E-state index contributed by atoms with van der Waals surface area (Å²) in [7, 11) is 0. The van der Waals surface area contributed by atoms with Crippen LogP contribution in [0.2, 0.25) is 0 Å². The third kappa shape index (κ3) is 7.00. The number of rotatable bonds is 6. The number of para-hydroxylation sites is 10. The minimum absolute atomic E-state index is 1.13. The van der Waals surface area contributed by atoms with Crippen molar-refractivity contribution in [3.05, 3.63) is 206 Å². The Morgan fingerprint density at radius 2 is 0.456 bits per heavy atom. The van der Waals surface area contributed by atoms with E-state index in [-0.39, 0.29) is 0 Å². The van der Waals surface area contributed by atoms with Crippen LogP contribution in [0.1, 0.15) is 13.8 Å². The van der Waals surface area contributed by atoms with Gasteiger partial charge < -0.3 is 19.6 Å². The summed E-state index contributed by atoms with van der Waals surface area (Å²) in [5.41, 5.74) is 13.8. The molecule has 2 aliphatic heterocycles. The van der Waals surface area contributed by atoms with Gasteiger partial charge >= 0.3 is 0 Å². The fourth-order valence-corrected chi connectivity index (χ4v) is 8.43. The Morgan fingerprint density at radius 3 is 0.684 bits per heavy atom. The lowest BCUT2D eigenvalue weighted by Crippen LogP contribution is -2.23. The van der Waals surface area contributed by atoms with E-state index in [9.17, 15) is 0 Å². The second kappa shape index (κ2) is 16.9. The molecule has 0 fully saturated rings. The van der Waals surface area contributed by atoms with E-state index in [0.29, 0.717) is 0 Å². The summed E-state index contributed by atoms with van der Waals surface area (Å²) in [6.07, 6.45) is 0. The fraction of sp³-hybridized carbons (Fsp3) is 0.0400. The minimum atomic E-state index is 1.13. The monoisotopic (exact) mass is 762 g/mol. The van der Waals surface area contributed by atoms with Crippen molar-refractivity contribution in [2.75, 3.05) is 19.6 Å².